The smallest absolute Gasteiger partial charge is 0.390 e. The van der Waals surface area contributed by atoms with Crippen LogP contribution in [0.2, 0.25) is 0 Å². The average molecular weight is 207 g/mol. The molecule has 0 saturated heterocycles. The fraction of sp³-hybridized carbons (Fsp3) is 0.273. The molecular weight excluding hydrogens is 197 g/mol. The maximum absolute atomic E-state index is 12.6. The van der Waals surface area contributed by atoms with Crippen LogP contribution in [0.15, 0.2) is 24.3 Å². The molecule has 0 aliphatic heterocycles. The Morgan fingerprint density at radius 3 is 2.60 bits per heavy atom. The number of hydrogen-bond donors (Lipinski definition) is 0. The Morgan fingerprint density at radius 2 is 2.13 bits per heavy atom. The Bertz CT molecular complexity index is 381. The average Bonchev–Trinajstić information content (AvgIpc) is 2.27. The monoisotopic (exact) mass is 207 g/mol. The molecule has 0 radical (unpaired) electrons. The van der Waals surface area contributed by atoms with Crippen LogP contribution in [0.25, 0.3) is 4.85 Å². The first-order valence-corrected chi connectivity index (χ1v) is 4.36. The van der Waals surface area contributed by atoms with Crippen molar-refractivity contribution in [3.8, 4) is 0 Å². The van der Waals surface area contributed by atoms with Gasteiger partial charge in [-0.15, -0.1) is 0 Å². The zero-order valence-corrected chi connectivity index (χ0v) is 8.24. The van der Waals surface area contributed by atoms with E-state index in [-0.39, 0.29) is 12.2 Å². The van der Waals surface area contributed by atoms with Crippen molar-refractivity contribution in [3.63, 3.8) is 0 Å². The van der Waals surface area contributed by atoms with Crippen LogP contribution in [0, 0.1) is 12.4 Å². The van der Waals surface area contributed by atoms with Crippen molar-refractivity contribution >= 4 is 5.97 Å². The van der Waals surface area contributed by atoms with E-state index in [1.165, 1.54) is 19.2 Å². The molecule has 15 heavy (non-hydrogen) atoms. The van der Waals surface area contributed by atoms with Crippen molar-refractivity contribution < 1.29 is 13.9 Å². The molecule has 0 saturated carbocycles. The largest absolute Gasteiger partial charge is 0.463 e. The molecule has 0 aromatic heterocycles. The molecule has 78 valence electrons. The van der Waals surface area contributed by atoms with Gasteiger partial charge in [-0.25, -0.2) is 15.8 Å². The third kappa shape index (κ3) is 3.06. The topological polar surface area (TPSA) is 30.7 Å². The molecule has 3 nitrogen and oxygen atoms in total. The molecule has 0 heterocycles. The zero-order chi connectivity index (χ0) is 11.3. The van der Waals surface area contributed by atoms with Crippen LogP contribution in [0.5, 0.6) is 0 Å². The molecule has 1 atom stereocenters. The van der Waals surface area contributed by atoms with E-state index in [9.17, 15) is 9.18 Å². The Kier molecular flexibility index (Phi) is 3.81. The summed E-state index contributed by atoms with van der Waals surface area (Å²) in [6.45, 7) is 6.84. The van der Waals surface area contributed by atoms with Crippen molar-refractivity contribution in [2.24, 2.45) is 0 Å². The van der Waals surface area contributed by atoms with E-state index in [4.69, 9.17) is 6.57 Å². The summed E-state index contributed by atoms with van der Waals surface area (Å²) < 4.78 is 17.1. The molecule has 0 spiro atoms. The van der Waals surface area contributed by atoms with Gasteiger partial charge in [0.1, 0.15) is 5.82 Å². The first-order valence-electron chi connectivity index (χ1n) is 4.36. The van der Waals surface area contributed by atoms with Crippen LogP contribution in [-0.2, 0) is 16.0 Å². The van der Waals surface area contributed by atoms with Crippen LogP contribution in [0.4, 0.5) is 4.39 Å². The molecule has 0 aliphatic carbocycles. The predicted octanol–water partition coefficient (Wildman–Crippen LogP) is 1.83. The number of nitrogens with zero attached hydrogens (tertiary/aromatic N) is 1. The van der Waals surface area contributed by atoms with E-state index in [2.05, 4.69) is 9.58 Å². The molecule has 0 amide bonds. The second-order valence-electron chi connectivity index (χ2n) is 3.00. The van der Waals surface area contributed by atoms with Crippen molar-refractivity contribution in [1.82, 2.24) is 0 Å². The lowest BCUT2D eigenvalue weighted by Gasteiger charge is -2.03. The van der Waals surface area contributed by atoms with E-state index in [0.717, 1.165) is 5.56 Å². The number of esters is 1. The van der Waals surface area contributed by atoms with Gasteiger partial charge in [0, 0.05) is 0 Å². The van der Waals surface area contributed by atoms with E-state index >= 15 is 0 Å². The lowest BCUT2D eigenvalue weighted by Crippen LogP contribution is -2.20. The first-order chi connectivity index (χ1) is 7.17. The van der Waals surface area contributed by atoms with E-state index in [1.807, 2.05) is 0 Å². The zero-order valence-electron chi connectivity index (χ0n) is 8.24. The van der Waals surface area contributed by atoms with Gasteiger partial charge in [0.25, 0.3) is 0 Å². The van der Waals surface area contributed by atoms with Crippen LogP contribution in [0.1, 0.15) is 5.56 Å². The van der Waals surface area contributed by atoms with Crippen LogP contribution in [-0.4, -0.2) is 19.1 Å². The van der Waals surface area contributed by atoms with Crippen molar-refractivity contribution in [3.05, 3.63) is 47.1 Å². The number of carbonyl (C=O) groups is 1. The predicted molar refractivity (Wildman–Crippen MR) is 52.5 cm³/mol. The minimum Gasteiger partial charge on any atom is -0.463 e. The van der Waals surface area contributed by atoms with Crippen LogP contribution >= 0.6 is 0 Å². The number of ether oxygens (including phenoxy) is 1. The van der Waals surface area contributed by atoms with E-state index < -0.39 is 12.0 Å². The summed E-state index contributed by atoms with van der Waals surface area (Å²) in [5.41, 5.74) is 0.739. The highest BCUT2D eigenvalue weighted by Gasteiger charge is 2.24. The van der Waals surface area contributed by atoms with Gasteiger partial charge in [0.15, 0.2) is 0 Å². The molecule has 1 aromatic carbocycles. The number of hydrogen-bond acceptors (Lipinski definition) is 2. The summed E-state index contributed by atoms with van der Waals surface area (Å²) in [5, 5.41) is 0. The number of benzene rings is 1. The van der Waals surface area contributed by atoms with Gasteiger partial charge in [-0.3, -0.25) is 0 Å². The number of methoxy groups -OCH3 is 1. The second kappa shape index (κ2) is 5.11. The summed E-state index contributed by atoms with van der Waals surface area (Å²) in [6, 6.07) is 4.86. The molecule has 1 unspecified atom stereocenters. The molecule has 0 aliphatic rings. The highest BCUT2D eigenvalue weighted by molar-refractivity contribution is 5.77. The maximum Gasteiger partial charge on any atom is 0.390 e. The van der Waals surface area contributed by atoms with Crippen molar-refractivity contribution in [2.45, 2.75) is 12.5 Å². The first kappa shape index (κ1) is 11.2. The summed E-state index contributed by atoms with van der Waals surface area (Å²) in [5.74, 6) is -0.898. The van der Waals surface area contributed by atoms with Crippen molar-refractivity contribution in [2.75, 3.05) is 7.11 Å². The van der Waals surface area contributed by atoms with Crippen LogP contribution < -0.4 is 0 Å². The Hall–Kier alpha value is -1.89. The van der Waals surface area contributed by atoms with Gasteiger partial charge < -0.3 is 9.58 Å². The molecule has 0 N–H and O–H groups in total. The van der Waals surface area contributed by atoms with Gasteiger partial charge in [-0.2, -0.15) is 0 Å². The summed E-state index contributed by atoms with van der Waals surface area (Å²) in [6.07, 6.45) is 0.246. The lowest BCUT2D eigenvalue weighted by molar-refractivity contribution is -0.141. The van der Waals surface area contributed by atoms with Gasteiger partial charge in [-0.05, 0) is 17.7 Å². The molecular formula is C11H10FNO2. The fourth-order valence-corrected chi connectivity index (χ4v) is 1.16. The third-order valence-electron chi connectivity index (χ3n) is 1.97. The minimum atomic E-state index is -0.847. The minimum absolute atomic E-state index is 0.246. The van der Waals surface area contributed by atoms with Crippen LogP contribution in [0.3, 0.4) is 0 Å². The SMILES string of the molecule is [C-]#[N+]C(Cc1ccc(F)cc1)C(=O)OC. The van der Waals surface area contributed by atoms with E-state index in [0.29, 0.717) is 0 Å². The molecule has 0 bridgehead atoms. The Balaban J connectivity index is 2.72. The number of carbonyl (C=O) groups excluding carboxylic acids is 1. The molecule has 1 rings (SSSR count). The molecule has 4 heteroatoms. The quantitative estimate of drug-likeness (QED) is 0.559. The normalized spacial score (nSPS) is 11.5. The molecule has 0 fully saturated rings. The Morgan fingerprint density at radius 1 is 1.53 bits per heavy atom. The highest BCUT2D eigenvalue weighted by Crippen LogP contribution is 2.08. The lowest BCUT2D eigenvalue weighted by atomic mass is 10.1. The Labute approximate surface area is 87.3 Å². The second-order valence-corrected chi connectivity index (χ2v) is 3.00. The van der Waals surface area contributed by atoms with Gasteiger partial charge >= 0.3 is 12.0 Å². The number of rotatable bonds is 3. The van der Waals surface area contributed by atoms with Gasteiger partial charge in [0.05, 0.1) is 13.5 Å². The standard InChI is InChI=1S/C11H10FNO2/c1-13-10(11(14)15-2)7-8-3-5-9(12)6-4-8/h3-6,10H,7H2,2H3. The van der Waals surface area contributed by atoms with Crippen molar-refractivity contribution in [1.29, 1.82) is 0 Å². The fourth-order valence-electron chi connectivity index (χ4n) is 1.16. The summed E-state index contributed by atoms with van der Waals surface area (Å²) >= 11 is 0. The summed E-state index contributed by atoms with van der Waals surface area (Å²) in [4.78, 5) is 14.3. The third-order valence-corrected chi connectivity index (χ3v) is 1.97. The van der Waals surface area contributed by atoms with Gasteiger partial charge in [0.2, 0.25) is 0 Å². The van der Waals surface area contributed by atoms with Gasteiger partial charge in [-0.1, -0.05) is 12.1 Å². The highest BCUT2D eigenvalue weighted by atomic mass is 19.1. The molecule has 1 aromatic rings. The van der Waals surface area contributed by atoms with E-state index in [1.54, 1.807) is 12.1 Å². The number of halogens is 1. The maximum atomic E-state index is 12.6. The summed E-state index contributed by atoms with van der Waals surface area (Å²) in [7, 11) is 1.24.